The van der Waals surface area contributed by atoms with Crippen LogP contribution in [0.15, 0.2) is 24.3 Å². The fourth-order valence-electron chi connectivity index (χ4n) is 3.02. The number of hydrogen-bond donors (Lipinski definition) is 1. The van der Waals surface area contributed by atoms with Crippen LogP contribution in [0, 0.1) is 0 Å². The Hall–Kier alpha value is -0.470. The van der Waals surface area contributed by atoms with Crippen LogP contribution in [-0.2, 0) is 12.8 Å². The van der Waals surface area contributed by atoms with Crippen molar-refractivity contribution in [3.63, 3.8) is 0 Å². The Labute approximate surface area is 108 Å². The molecule has 1 saturated heterocycles. The molecule has 1 atom stereocenters. The average Bonchev–Trinajstić information content (AvgIpc) is 2.96. The summed E-state index contributed by atoms with van der Waals surface area (Å²) in [6, 6.07) is 9.58. The minimum Gasteiger partial charge on any atom is -0.313 e. The Morgan fingerprint density at radius 3 is 2.59 bits per heavy atom. The van der Waals surface area contributed by atoms with Crippen LogP contribution in [0.3, 0.4) is 0 Å². The van der Waals surface area contributed by atoms with Crippen molar-refractivity contribution in [1.82, 2.24) is 5.32 Å². The molecule has 1 aliphatic carbocycles. The Morgan fingerprint density at radius 1 is 1.18 bits per heavy atom. The van der Waals surface area contributed by atoms with E-state index in [2.05, 4.69) is 41.3 Å². The summed E-state index contributed by atoms with van der Waals surface area (Å²) < 4.78 is 0. The first-order valence-corrected chi connectivity index (χ1v) is 7.88. The van der Waals surface area contributed by atoms with E-state index in [1.807, 2.05) is 0 Å². The zero-order chi connectivity index (χ0) is 11.5. The number of thioether (sulfide) groups is 1. The molecule has 2 heteroatoms. The van der Waals surface area contributed by atoms with Crippen LogP contribution < -0.4 is 5.32 Å². The predicted octanol–water partition coefficient (Wildman–Crippen LogP) is 3.03. The molecule has 1 nitrogen and oxygen atoms in total. The van der Waals surface area contributed by atoms with Gasteiger partial charge >= 0.3 is 0 Å². The highest BCUT2D eigenvalue weighted by Gasteiger charge is 2.21. The van der Waals surface area contributed by atoms with Gasteiger partial charge in [-0.15, -0.1) is 0 Å². The van der Waals surface area contributed by atoms with E-state index in [1.165, 1.54) is 44.4 Å². The maximum atomic E-state index is 3.74. The molecule has 3 rings (SSSR count). The molecule has 1 aromatic carbocycles. The lowest BCUT2D eigenvalue weighted by Crippen LogP contribution is -2.31. The SMILES string of the molecule is c1ccc2c(c1)CC(NCCC1CCCS1)C2. The normalized spacial score (nSPS) is 24.1. The molecule has 92 valence electrons. The highest BCUT2D eigenvalue weighted by molar-refractivity contribution is 8.00. The second-order valence-electron chi connectivity index (χ2n) is 5.25. The van der Waals surface area contributed by atoms with Crippen LogP contribution in [-0.4, -0.2) is 23.6 Å². The molecule has 1 unspecified atom stereocenters. The van der Waals surface area contributed by atoms with Crippen molar-refractivity contribution >= 4 is 11.8 Å². The molecule has 1 aromatic rings. The molecule has 0 spiro atoms. The van der Waals surface area contributed by atoms with Gasteiger partial charge in [0.15, 0.2) is 0 Å². The van der Waals surface area contributed by atoms with E-state index in [0.717, 1.165) is 5.25 Å². The maximum Gasteiger partial charge on any atom is 0.0148 e. The van der Waals surface area contributed by atoms with E-state index in [-0.39, 0.29) is 0 Å². The van der Waals surface area contributed by atoms with Crippen molar-refractivity contribution in [3.05, 3.63) is 35.4 Å². The molecular formula is C15H21NS. The lowest BCUT2D eigenvalue weighted by atomic mass is 10.1. The topological polar surface area (TPSA) is 12.0 Å². The summed E-state index contributed by atoms with van der Waals surface area (Å²) in [6.07, 6.45) is 6.70. The second kappa shape index (κ2) is 5.45. The third-order valence-electron chi connectivity index (χ3n) is 3.97. The first-order chi connectivity index (χ1) is 8.42. The quantitative estimate of drug-likeness (QED) is 0.878. The number of benzene rings is 1. The van der Waals surface area contributed by atoms with Crippen LogP contribution in [0.1, 0.15) is 30.4 Å². The van der Waals surface area contributed by atoms with E-state index in [1.54, 1.807) is 11.1 Å². The van der Waals surface area contributed by atoms with Gasteiger partial charge in [0, 0.05) is 11.3 Å². The Morgan fingerprint density at radius 2 is 1.94 bits per heavy atom. The summed E-state index contributed by atoms with van der Waals surface area (Å²) in [5.74, 6) is 1.39. The predicted molar refractivity (Wildman–Crippen MR) is 75.7 cm³/mol. The molecular weight excluding hydrogens is 226 g/mol. The van der Waals surface area contributed by atoms with Gasteiger partial charge in [-0.05, 0) is 55.5 Å². The first-order valence-electron chi connectivity index (χ1n) is 6.83. The number of hydrogen-bond acceptors (Lipinski definition) is 2. The van der Waals surface area contributed by atoms with E-state index < -0.39 is 0 Å². The van der Waals surface area contributed by atoms with Gasteiger partial charge in [0.2, 0.25) is 0 Å². The second-order valence-corrected chi connectivity index (χ2v) is 6.66. The number of rotatable bonds is 4. The third kappa shape index (κ3) is 2.86. The van der Waals surface area contributed by atoms with Gasteiger partial charge in [0.05, 0.1) is 0 Å². The summed E-state index contributed by atoms with van der Waals surface area (Å²) in [7, 11) is 0. The molecule has 0 aromatic heterocycles. The number of nitrogens with one attached hydrogen (secondary N) is 1. The highest BCUT2D eigenvalue weighted by Crippen LogP contribution is 2.28. The summed E-state index contributed by atoms with van der Waals surface area (Å²) >= 11 is 2.17. The molecule has 1 aliphatic heterocycles. The lowest BCUT2D eigenvalue weighted by Gasteiger charge is -2.14. The van der Waals surface area contributed by atoms with Gasteiger partial charge in [-0.2, -0.15) is 11.8 Å². The van der Waals surface area contributed by atoms with Crippen molar-refractivity contribution in [2.75, 3.05) is 12.3 Å². The molecule has 1 heterocycles. The molecule has 0 radical (unpaired) electrons. The van der Waals surface area contributed by atoms with Crippen molar-refractivity contribution in [1.29, 1.82) is 0 Å². The molecule has 17 heavy (non-hydrogen) atoms. The zero-order valence-electron chi connectivity index (χ0n) is 10.3. The minimum absolute atomic E-state index is 0.693. The van der Waals surface area contributed by atoms with Crippen LogP contribution in [0.4, 0.5) is 0 Å². The molecule has 2 aliphatic rings. The molecule has 1 N–H and O–H groups in total. The summed E-state index contributed by atoms with van der Waals surface area (Å²) in [5.41, 5.74) is 3.11. The average molecular weight is 247 g/mol. The van der Waals surface area contributed by atoms with E-state index in [9.17, 15) is 0 Å². The fourth-order valence-corrected chi connectivity index (χ4v) is 4.31. The van der Waals surface area contributed by atoms with Crippen molar-refractivity contribution in [2.24, 2.45) is 0 Å². The zero-order valence-corrected chi connectivity index (χ0v) is 11.1. The lowest BCUT2D eigenvalue weighted by molar-refractivity contribution is 0.516. The van der Waals surface area contributed by atoms with Crippen LogP contribution in [0.2, 0.25) is 0 Å². The van der Waals surface area contributed by atoms with E-state index >= 15 is 0 Å². The maximum absolute atomic E-state index is 3.74. The Bertz CT molecular complexity index is 346. The monoisotopic (exact) mass is 247 g/mol. The summed E-state index contributed by atoms with van der Waals surface area (Å²) in [6.45, 7) is 1.20. The molecule has 0 amide bonds. The van der Waals surface area contributed by atoms with Crippen molar-refractivity contribution in [3.8, 4) is 0 Å². The Kier molecular flexibility index (Phi) is 3.72. The van der Waals surface area contributed by atoms with Crippen LogP contribution >= 0.6 is 11.8 Å². The van der Waals surface area contributed by atoms with Gasteiger partial charge in [-0.3, -0.25) is 0 Å². The smallest absolute Gasteiger partial charge is 0.0148 e. The van der Waals surface area contributed by atoms with Gasteiger partial charge in [-0.25, -0.2) is 0 Å². The van der Waals surface area contributed by atoms with Gasteiger partial charge in [-0.1, -0.05) is 24.3 Å². The summed E-state index contributed by atoms with van der Waals surface area (Å²) in [5, 5.41) is 4.68. The number of fused-ring (bicyclic) bond motifs is 1. The van der Waals surface area contributed by atoms with Crippen LogP contribution in [0.25, 0.3) is 0 Å². The molecule has 0 saturated carbocycles. The van der Waals surface area contributed by atoms with Gasteiger partial charge in [0.25, 0.3) is 0 Å². The standard InChI is InChI=1S/C15H21NS/c1-2-5-13-11-14(10-12(13)4-1)16-8-7-15-6-3-9-17-15/h1-2,4-5,14-16H,3,6-11H2. The summed E-state index contributed by atoms with van der Waals surface area (Å²) in [4.78, 5) is 0. The first kappa shape index (κ1) is 11.6. The Balaban J connectivity index is 1.43. The van der Waals surface area contributed by atoms with Crippen molar-refractivity contribution < 1.29 is 0 Å². The van der Waals surface area contributed by atoms with E-state index in [0.29, 0.717) is 6.04 Å². The van der Waals surface area contributed by atoms with E-state index in [4.69, 9.17) is 0 Å². The highest BCUT2D eigenvalue weighted by atomic mass is 32.2. The minimum atomic E-state index is 0.693. The fraction of sp³-hybridized carbons (Fsp3) is 0.600. The largest absolute Gasteiger partial charge is 0.313 e. The van der Waals surface area contributed by atoms with Gasteiger partial charge < -0.3 is 5.32 Å². The van der Waals surface area contributed by atoms with Crippen LogP contribution in [0.5, 0.6) is 0 Å². The third-order valence-corrected chi connectivity index (χ3v) is 5.44. The molecule has 1 fully saturated rings. The van der Waals surface area contributed by atoms with Crippen molar-refractivity contribution in [2.45, 2.75) is 43.4 Å². The molecule has 0 bridgehead atoms. The van der Waals surface area contributed by atoms with Gasteiger partial charge in [0.1, 0.15) is 0 Å².